The number of rotatable bonds is 6. The average Bonchev–Trinajstić information content (AvgIpc) is 3.07. The maximum absolute atomic E-state index is 13.5. The van der Waals surface area contributed by atoms with Gasteiger partial charge < -0.3 is 20.5 Å². The van der Waals surface area contributed by atoms with Gasteiger partial charge in [-0.25, -0.2) is 4.39 Å². The molecule has 0 aliphatic carbocycles. The Bertz CT molecular complexity index is 1120. The molecule has 1 aliphatic rings. The van der Waals surface area contributed by atoms with E-state index in [1.165, 1.54) is 12.1 Å². The number of nitrogens with zero attached hydrogens (tertiary/aromatic N) is 1. The van der Waals surface area contributed by atoms with E-state index in [2.05, 4.69) is 16.0 Å². The molecule has 0 bridgehead atoms. The lowest BCUT2D eigenvalue weighted by molar-refractivity contribution is -0.121. The normalized spacial score (nSPS) is 15.8. The van der Waals surface area contributed by atoms with Crippen LogP contribution in [0.25, 0.3) is 10.9 Å². The van der Waals surface area contributed by atoms with E-state index in [1.807, 2.05) is 16.8 Å². The van der Waals surface area contributed by atoms with E-state index in [1.54, 1.807) is 30.3 Å². The topological polar surface area (TPSA) is 92.2 Å². The van der Waals surface area contributed by atoms with Gasteiger partial charge in [0, 0.05) is 25.7 Å². The van der Waals surface area contributed by atoms with Gasteiger partial charge in [0.05, 0.1) is 16.8 Å². The van der Waals surface area contributed by atoms with Crippen LogP contribution in [-0.4, -0.2) is 34.9 Å². The van der Waals surface area contributed by atoms with Crippen molar-refractivity contribution in [2.75, 3.05) is 11.9 Å². The molecule has 154 valence electrons. The van der Waals surface area contributed by atoms with Crippen molar-refractivity contribution < 1.29 is 18.8 Å². The molecule has 8 heteroatoms. The van der Waals surface area contributed by atoms with Crippen LogP contribution >= 0.6 is 0 Å². The lowest BCUT2D eigenvalue weighted by atomic mass is 10.1. The molecule has 7 nitrogen and oxygen atoms in total. The number of carbonyl (C=O) groups is 3. The molecule has 1 aliphatic heterocycles. The summed E-state index contributed by atoms with van der Waals surface area (Å²) in [5.74, 6) is -1.22. The zero-order chi connectivity index (χ0) is 21.1. The first-order valence-electron chi connectivity index (χ1n) is 9.73. The summed E-state index contributed by atoms with van der Waals surface area (Å²) in [4.78, 5) is 36.9. The molecule has 0 saturated carbocycles. The lowest BCUT2D eigenvalue weighted by Gasteiger charge is -2.14. The largest absolute Gasteiger partial charge is 0.354 e. The molecule has 0 saturated heterocycles. The fourth-order valence-electron chi connectivity index (χ4n) is 3.55. The van der Waals surface area contributed by atoms with E-state index in [0.717, 1.165) is 10.9 Å². The lowest BCUT2D eigenvalue weighted by Crippen LogP contribution is -2.42. The van der Waals surface area contributed by atoms with Crippen LogP contribution in [0, 0.1) is 5.82 Å². The predicted octanol–water partition coefficient (Wildman–Crippen LogP) is 2.43. The zero-order valence-corrected chi connectivity index (χ0v) is 16.2. The van der Waals surface area contributed by atoms with Gasteiger partial charge >= 0.3 is 0 Å². The average molecular weight is 408 g/mol. The number of anilines is 1. The first-order valence-corrected chi connectivity index (χ1v) is 9.73. The SMILES string of the molecule is O=C(CC[C@@H]1NC(=O)c2ccccc2NC1=O)NCCn1ccc2ccc(F)cc21. The van der Waals surface area contributed by atoms with E-state index < -0.39 is 6.04 Å². The van der Waals surface area contributed by atoms with Gasteiger partial charge in [-0.15, -0.1) is 0 Å². The quantitative estimate of drug-likeness (QED) is 0.585. The molecule has 2 aromatic carbocycles. The van der Waals surface area contributed by atoms with E-state index in [4.69, 9.17) is 0 Å². The van der Waals surface area contributed by atoms with E-state index >= 15 is 0 Å². The first-order chi connectivity index (χ1) is 14.5. The van der Waals surface area contributed by atoms with Crippen LogP contribution in [0.3, 0.4) is 0 Å². The van der Waals surface area contributed by atoms with Gasteiger partial charge in [-0.3, -0.25) is 14.4 Å². The van der Waals surface area contributed by atoms with Crippen LogP contribution in [0.15, 0.2) is 54.7 Å². The zero-order valence-electron chi connectivity index (χ0n) is 16.2. The Morgan fingerprint density at radius 3 is 2.83 bits per heavy atom. The Morgan fingerprint density at radius 2 is 1.97 bits per heavy atom. The molecule has 1 aromatic heterocycles. The highest BCUT2D eigenvalue weighted by molar-refractivity contribution is 6.09. The van der Waals surface area contributed by atoms with Gasteiger partial charge in [-0.2, -0.15) is 0 Å². The Balaban J connectivity index is 1.28. The number of hydrogen-bond donors (Lipinski definition) is 3. The van der Waals surface area contributed by atoms with Crippen LogP contribution in [0.2, 0.25) is 0 Å². The summed E-state index contributed by atoms with van der Waals surface area (Å²) in [6, 6.07) is 12.5. The molecule has 0 fully saturated rings. The molecular weight excluding hydrogens is 387 g/mol. The van der Waals surface area contributed by atoms with Gasteiger partial charge in [0.25, 0.3) is 5.91 Å². The summed E-state index contributed by atoms with van der Waals surface area (Å²) in [5.41, 5.74) is 1.62. The van der Waals surface area contributed by atoms with E-state index in [-0.39, 0.29) is 36.4 Å². The number of hydrogen-bond acceptors (Lipinski definition) is 3. The minimum absolute atomic E-state index is 0.0930. The third-order valence-corrected chi connectivity index (χ3v) is 5.12. The Labute approximate surface area is 172 Å². The van der Waals surface area contributed by atoms with Gasteiger partial charge in [0.15, 0.2) is 0 Å². The highest BCUT2D eigenvalue weighted by Gasteiger charge is 2.27. The van der Waals surface area contributed by atoms with Crippen molar-refractivity contribution >= 4 is 34.3 Å². The van der Waals surface area contributed by atoms with Gasteiger partial charge in [0.1, 0.15) is 11.9 Å². The molecule has 0 spiro atoms. The second kappa shape index (κ2) is 8.36. The number of amides is 3. The van der Waals surface area contributed by atoms with Crippen LogP contribution < -0.4 is 16.0 Å². The second-order valence-electron chi connectivity index (χ2n) is 7.16. The van der Waals surface area contributed by atoms with Crippen LogP contribution in [0.4, 0.5) is 10.1 Å². The summed E-state index contributed by atoms with van der Waals surface area (Å²) in [6.07, 6.45) is 2.13. The number of carbonyl (C=O) groups excluding carboxylic acids is 3. The van der Waals surface area contributed by atoms with Gasteiger partial charge in [0.2, 0.25) is 11.8 Å². The van der Waals surface area contributed by atoms with E-state index in [9.17, 15) is 18.8 Å². The van der Waals surface area contributed by atoms with Crippen molar-refractivity contribution in [2.45, 2.75) is 25.4 Å². The van der Waals surface area contributed by atoms with Gasteiger partial charge in [-0.1, -0.05) is 12.1 Å². The number of halogens is 1. The molecule has 4 rings (SSSR count). The first kappa shape index (κ1) is 19.6. The Morgan fingerprint density at radius 1 is 1.13 bits per heavy atom. The fraction of sp³-hybridized carbons (Fsp3) is 0.227. The van der Waals surface area contributed by atoms with Gasteiger partial charge in [-0.05, 0) is 48.2 Å². The molecular formula is C22H21FN4O3. The van der Waals surface area contributed by atoms with Crippen molar-refractivity contribution in [2.24, 2.45) is 0 Å². The third-order valence-electron chi connectivity index (χ3n) is 5.12. The monoisotopic (exact) mass is 408 g/mol. The molecule has 0 unspecified atom stereocenters. The summed E-state index contributed by atoms with van der Waals surface area (Å²) < 4.78 is 15.3. The highest BCUT2D eigenvalue weighted by atomic mass is 19.1. The van der Waals surface area contributed by atoms with Crippen LogP contribution in [0.1, 0.15) is 23.2 Å². The maximum Gasteiger partial charge on any atom is 0.254 e. The summed E-state index contributed by atoms with van der Waals surface area (Å²) in [6.45, 7) is 0.864. The number of para-hydroxylation sites is 1. The van der Waals surface area contributed by atoms with Crippen LogP contribution in [0.5, 0.6) is 0 Å². The van der Waals surface area contributed by atoms with Crippen molar-refractivity contribution in [1.29, 1.82) is 0 Å². The minimum Gasteiger partial charge on any atom is -0.354 e. The smallest absolute Gasteiger partial charge is 0.254 e. The molecule has 0 radical (unpaired) electrons. The Hall–Kier alpha value is -3.68. The maximum atomic E-state index is 13.5. The van der Waals surface area contributed by atoms with Crippen LogP contribution in [-0.2, 0) is 16.1 Å². The van der Waals surface area contributed by atoms with Crippen molar-refractivity contribution in [3.63, 3.8) is 0 Å². The molecule has 30 heavy (non-hydrogen) atoms. The minimum atomic E-state index is -0.785. The molecule has 3 aromatic rings. The van der Waals surface area contributed by atoms with Crippen molar-refractivity contribution in [1.82, 2.24) is 15.2 Å². The predicted molar refractivity (Wildman–Crippen MR) is 110 cm³/mol. The standard InChI is InChI=1S/C22H21FN4O3/c23-15-6-5-14-9-11-27(19(14)13-15)12-10-24-20(28)8-7-18-22(30)25-17-4-2-1-3-16(17)21(29)26-18/h1-6,9,11,13,18H,7-8,10,12H2,(H,24,28)(H,25,30)(H,26,29)/t18-/m0/s1. The fourth-order valence-corrected chi connectivity index (χ4v) is 3.55. The third kappa shape index (κ3) is 4.17. The summed E-state index contributed by atoms with van der Waals surface area (Å²) >= 11 is 0. The van der Waals surface area contributed by atoms with Crippen molar-refractivity contribution in [3.05, 3.63) is 66.1 Å². The highest BCUT2D eigenvalue weighted by Crippen LogP contribution is 2.19. The number of fused-ring (bicyclic) bond motifs is 2. The number of benzene rings is 2. The number of nitrogens with one attached hydrogen (secondary N) is 3. The summed E-state index contributed by atoms with van der Waals surface area (Å²) in [7, 11) is 0. The Kier molecular flexibility index (Phi) is 5.47. The molecule has 2 heterocycles. The molecule has 1 atom stereocenters. The molecule has 3 N–H and O–H groups in total. The second-order valence-corrected chi connectivity index (χ2v) is 7.16. The summed E-state index contributed by atoms with van der Waals surface area (Å²) in [5, 5.41) is 9.13. The number of aromatic nitrogens is 1. The van der Waals surface area contributed by atoms with Crippen molar-refractivity contribution in [3.8, 4) is 0 Å². The molecule has 3 amide bonds. The van der Waals surface area contributed by atoms with E-state index in [0.29, 0.717) is 24.3 Å².